The predicted octanol–water partition coefficient (Wildman–Crippen LogP) is 2.18. The molecule has 1 aromatic carbocycles. The van der Waals surface area contributed by atoms with Gasteiger partial charge in [-0.1, -0.05) is 50.1 Å². The summed E-state index contributed by atoms with van der Waals surface area (Å²) in [4.78, 5) is 35.5. The van der Waals surface area contributed by atoms with Gasteiger partial charge in [0.25, 0.3) is 5.56 Å². The molecule has 2 N–H and O–H groups in total. The molecule has 1 aromatic heterocycles. The van der Waals surface area contributed by atoms with E-state index < -0.39 is 23.5 Å². The molecule has 0 fully saturated rings. The van der Waals surface area contributed by atoms with E-state index in [-0.39, 0.29) is 12.5 Å². The molecule has 26 heavy (non-hydrogen) atoms. The maximum atomic E-state index is 12.2. The van der Waals surface area contributed by atoms with Gasteiger partial charge in [-0.25, -0.2) is 9.48 Å². The lowest BCUT2D eigenvalue weighted by Crippen LogP contribution is -2.47. The van der Waals surface area contributed by atoms with E-state index in [9.17, 15) is 19.5 Å². The number of nitrogens with one attached hydrogen (secondary N) is 1. The quantitative estimate of drug-likeness (QED) is 0.770. The summed E-state index contributed by atoms with van der Waals surface area (Å²) in [5.41, 5.74) is 0.609. The Morgan fingerprint density at radius 2 is 1.96 bits per heavy atom. The number of hydrogen-bond acceptors (Lipinski definition) is 4. The van der Waals surface area contributed by atoms with E-state index >= 15 is 0 Å². The van der Waals surface area contributed by atoms with Crippen molar-refractivity contribution in [3.05, 3.63) is 51.8 Å². The molecule has 0 bridgehead atoms. The number of aliphatic carboxylic acids is 1. The number of benzene rings is 1. The molecule has 7 nitrogen and oxygen atoms in total. The minimum atomic E-state index is -1.11. The molecule has 2 unspecified atom stereocenters. The minimum absolute atomic E-state index is 0.240. The fourth-order valence-electron chi connectivity index (χ4n) is 2.41. The largest absolute Gasteiger partial charge is 0.480 e. The molecule has 0 aliphatic carbocycles. The van der Waals surface area contributed by atoms with Gasteiger partial charge in [0.05, 0.1) is 10.7 Å². The van der Waals surface area contributed by atoms with Crippen molar-refractivity contribution >= 4 is 23.5 Å². The highest BCUT2D eigenvalue weighted by Gasteiger charge is 2.25. The Kier molecular flexibility index (Phi) is 6.52. The van der Waals surface area contributed by atoms with Gasteiger partial charge in [0.1, 0.15) is 12.6 Å². The molecule has 0 saturated heterocycles. The number of carbonyl (C=O) groups excluding carboxylic acids is 1. The molecule has 0 saturated carbocycles. The molecule has 138 valence electrons. The van der Waals surface area contributed by atoms with Crippen LogP contribution in [0.4, 0.5) is 0 Å². The van der Waals surface area contributed by atoms with Gasteiger partial charge in [-0.15, -0.1) is 0 Å². The molecule has 0 radical (unpaired) electrons. The van der Waals surface area contributed by atoms with Gasteiger partial charge in [-0.2, -0.15) is 5.10 Å². The van der Waals surface area contributed by atoms with Gasteiger partial charge in [0.2, 0.25) is 5.91 Å². The zero-order valence-corrected chi connectivity index (χ0v) is 15.2. The van der Waals surface area contributed by atoms with Gasteiger partial charge < -0.3 is 10.4 Å². The summed E-state index contributed by atoms with van der Waals surface area (Å²) in [5, 5.41) is 16.3. The first-order valence-corrected chi connectivity index (χ1v) is 8.56. The van der Waals surface area contributed by atoms with E-state index in [1.807, 2.05) is 6.92 Å². The zero-order chi connectivity index (χ0) is 19.3. The Hall–Kier alpha value is -2.67. The second kappa shape index (κ2) is 8.62. The Labute approximate surface area is 155 Å². The number of nitrogens with zero attached hydrogens (tertiary/aromatic N) is 2. The number of carboxylic acid groups (broad SMARTS) is 1. The third-order valence-corrected chi connectivity index (χ3v) is 4.43. The summed E-state index contributed by atoms with van der Waals surface area (Å²) < 4.78 is 0.990. The van der Waals surface area contributed by atoms with Crippen LogP contribution in [0.1, 0.15) is 20.3 Å². The number of carboxylic acids is 1. The summed E-state index contributed by atoms with van der Waals surface area (Å²) in [6.07, 6.45) is 0.595. The van der Waals surface area contributed by atoms with Gasteiger partial charge in [0.15, 0.2) is 0 Å². The number of hydrogen-bond donors (Lipinski definition) is 2. The highest BCUT2D eigenvalue weighted by atomic mass is 35.5. The standard InChI is InChI=1S/C18H20ClN3O4/c1-3-11(2)17(18(25)26)20-15(23)10-22-16(24)9-8-14(21-22)12-6-4-5-7-13(12)19/h4-9,11,17H,3,10H2,1-2H3,(H,20,23)(H,25,26). The highest BCUT2D eigenvalue weighted by Crippen LogP contribution is 2.24. The van der Waals surface area contributed by atoms with Crippen LogP contribution < -0.4 is 10.9 Å². The molecule has 2 rings (SSSR count). The molecule has 0 aliphatic rings. The average molecular weight is 378 g/mol. The van der Waals surface area contributed by atoms with E-state index in [0.717, 1.165) is 4.68 Å². The second-order valence-corrected chi connectivity index (χ2v) is 6.37. The van der Waals surface area contributed by atoms with E-state index in [2.05, 4.69) is 10.4 Å². The number of halogens is 1. The summed E-state index contributed by atoms with van der Waals surface area (Å²) >= 11 is 6.14. The second-order valence-electron chi connectivity index (χ2n) is 5.96. The smallest absolute Gasteiger partial charge is 0.326 e. The van der Waals surface area contributed by atoms with Crippen molar-refractivity contribution in [3.63, 3.8) is 0 Å². The summed E-state index contributed by atoms with van der Waals surface area (Å²) in [7, 11) is 0. The molecule has 8 heteroatoms. The molecule has 0 spiro atoms. The van der Waals surface area contributed by atoms with Crippen LogP contribution in [0.3, 0.4) is 0 Å². The summed E-state index contributed by atoms with van der Waals surface area (Å²) in [6, 6.07) is 8.81. The van der Waals surface area contributed by atoms with Crippen LogP contribution in [-0.4, -0.2) is 32.8 Å². The maximum absolute atomic E-state index is 12.2. The van der Waals surface area contributed by atoms with Gasteiger partial charge in [0, 0.05) is 11.6 Å². The molecule has 2 aromatic rings. The van der Waals surface area contributed by atoms with Gasteiger partial charge >= 0.3 is 5.97 Å². The number of carbonyl (C=O) groups is 2. The van der Waals surface area contributed by atoms with Crippen molar-refractivity contribution in [2.45, 2.75) is 32.9 Å². The molecule has 0 aliphatic heterocycles. The van der Waals surface area contributed by atoms with Crippen LogP contribution in [0.15, 0.2) is 41.2 Å². The van der Waals surface area contributed by atoms with Crippen molar-refractivity contribution in [1.29, 1.82) is 0 Å². The van der Waals surface area contributed by atoms with Crippen LogP contribution in [0.5, 0.6) is 0 Å². The van der Waals surface area contributed by atoms with Crippen LogP contribution in [0, 0.1) is 5.92 Å². The molecule has 1 heterocycles. The van der Waals surface area contributed by atoms with Crippen LogP contribution in [-0.2, 0) is 16.1 Å². The SMILES string of the molecule is CCC(C)C(NC(=O)Cn1nc(-c2ccccc2Cl)ccc1=O)C(=O)O. The Bertz CT molecular complexity index is 866. The van der Waals surface area contributed by atoms with E-state index in [1.165, 1.54) is 12.1 Å². The first-order valence-electron chi connectivity index (χ1n) is 8.18. The topological polar surface area (TPSA) is 101 Å². The highest BCUT2D eigenvalue weighted by molar-refractivity contribution is 6.33. The third-order valence-electron chi connectivity index (χ3n) is 4.11. The number of aromatic nitrogens is 2. The normalized spacial score (nSPS) is 13.0. The molecule has 2 atom stereocenters. The maximum Gasteiger partial charge on any atom is 0.326 e. The number of amides is 1. The Morgan fingerprint density at radius 3 is 2.58 bits per heavy atom. The van der Waals surface area contributed by atoms with Crippen LogP contribution in [0.2, 0.25) is 5.02 Å². The lowest BCUT2D eigenvalue weighted by molar-refractivity contribution is -0.143. The van der Waals surface area contributed by atoms with Gasteiger partial charge in [-0.3, -0.25) is 9.59 Å². The molecular weight excluding hydrogens is 358 g/mol. The van der Waals surface area contributed by atoms with E-state index in [0.29, 0.717) is 22.7 Å². The molecule has 1 amide bonds. The fraction of sp³-hybridized carbons (Fsp3) is 0.333. The first kappa shape index (κ1) is 19.7. The van der Waals surface area contributed by atoms with Crippen molar-refractivity contribution in [3.8, 4) is 11.3 Å². The van der Waals surface area contributed by atoms with Crippen molar-refractivity contribution in [1.82, 2.24) is 15.1 Å². The lowest BCUT2D eigenvalue weighted by atomic mass is 9.99. The van der Waals surface area contributed by atoms with Crippen molar-refractivity contribution in [2.24, 2.45) is 5.92 Å². The van der Waals surface area contributed by atoms with Crippen LogP contribution >= 0.6 is 11.6 Å². The van der Waals surface area contributed by atoms with Crippen LogP contribution in [0.25, 0.3) is 11.3 Å². The van der Waals surface area contributed by atoms with Crippen molar-refractivity contribution in [2.75, 3.05) is 0 Å². The predicted molar refractivity (Wildman–Crippen MR) is 98.0 cm³/mol. The monoisotopic (exact) mass is 377 g/mol. The summed E-state index contributed by atoms with van der Waals surface area (Å²) in [5.74, 6) is -1.95. The van der Waals surface area contributed by atoms with E-state index in [1.54, 1.807) is 31.2 Å². The number of rotatable bonds is 7. The zero-order valence-electron chi connectivity index (χ0n) is 14.5. The lowest BCUT2D eigenvalue weighted by Gasteiger charge is -2.20. The molecular formula is C18H20ClN3O4. The average Bonchev–Trinajstić information content (AvgIpc) is 2.61. The Morgan fingerprint density at radius 1 is 1.27 bits per heavy atom. The first-order chi connectivity index (χ1) is 12.3. The third kappa shape index (κ3) is 4.70. The van der Waals surface area contributed by atoms with Gasteiger partial charge in [-0.05, 0) is 18.1 Å². The Balaban J connectivity index is 2.22. The summed E-state index contributed by atoms with van der Waals surface area (Å²) in [6.45, 7) is 3.20. The van der Waals surface area contributed by atoms with E-state index in [4.69, 9.17) is 11.6 Å². The van der Waals surface area contributed by atoms with Crippen molar-refractivity contribution < 1.29 is 14.7 Å². The minimum Gasteiger partial charge on any atom is -0.480 e. The fourth-order valence-corrected chi connectivity index (χ4v) is 2.65.